The van der Waals surface area contributed by atoms with Gasteiger partial charge in [-0.2, -0.15) is 0 Å². The third kappa shape index (κ3) is 3.66. The van der Waals surface area contributed by atoms with Gasteiger partial charge in [-0.1, -0.05) is 5.10 Å². The van der Waals surface area contributed by atoms with Crippen LogP contribution in [0.1, 0.15) is 32.7 Å². The van der Waals surface area contributed by atoms with Crippen LogP contribution in [-0.2, 0) is 18.9 Å². The third-order valence-electron chi connectivity index (χ3n) is 6.37. The summed E-state index contributed by atoms with van der Waals surface area (Å²) in [6.45, 7) is 4.59. The minimum Gasteiger partial charge on any atom is -0.403 e. The number of hydrogen-bond donors (Lipinski definition) is 1. The van der Waals surface area contributed by atoms with Gasteiger partial charge in [0, 0.05) is 32.9 Å². The van der Waals surface area contributed by atoms with Crippen molar-refractivity contribution in [1.29, 1.82) is 0 Å². The quantitative estimate of drug-likeness (QED) is 0.425. The molecule has 14 heteroatoms. The van der Waals surface area contributed by atoms with E-state index in [1.165, 1.54) is 35.9 Å². The van der Waals surface area contributed by atoms with Crippen LogP contribution in [-0.4, -0.2) is 57.3 Å². The van der Waals surface area contributed by atoms with E-state index in [1.54, 1.807) is 13.1 Å². The first kappa shape index (κ1) is 22.4. The van der Waals surface area contributed by atoms with Gasteiger partial charge in [0.05, 0.1) is 11.9 Å². The molecule has 0 aromatic carbocycles. The van der Waals surface area contributed by atoms with E-state index in [0.29, 0.717) is 17.4 Å². The lowest BCUT2D eigenvalue weighted by Gasteiger charge is -2.23. The molecular formula is C21H24N10O4. The molecule has 1 aliphatic rings. The molecule has 5 rings (SSSR count). The van der Waals surface area contributed by atoms with Gasteiger partial charge >= 0.3 is 11.7 Å². The predicted molar refractivity (Wildman–Crippen MR) is 125 cm³/mol. The largest absolute Gasteiger partial charge is 0.403 e. The summed E-state index contributed by atoms with van der Waals surface area (Å²) >= 11 is 0. The number of rotatable bonds is 5. The van der Waals surface area contributed by atoms with E-state index in [1.807, 2.05) is 0 Å². The standard InChI is InChI=1S/C21H24N10O4/c1-11-6-5-7-30(11)15-13(8-22-9-23-15)18-26-27-20(35-18)25-17(32)12(2)31-10-24-16-14(31)19(33)29(4)21(34)28(16)3/h8-12H,5-7H2,1-4H3,(H,25,27,32)/t11-,12?/m0/s1. The second kappa shape index (κ2) is 8.45. The van der Waals surface area contributed by atoms with E-state index in [4.69, 9.17) is 4.42 Å². The van der Waals surface area contributed by atoms with E-state index in [2.05, 4.69) is 42.3 Å². The Bertz CT molecular complexity index is 1550. The average molecular weight is 480 g/mol. The summed E-state index contributed by atoms with van der Waals surface area (Å²) in [5, 5.41) is 10.6. The lowest BCUT2D eigenvalue weighted by atomic mass is 10.2. The Balaban J connectivity index is 1.41. The fourth-order valence-corrected chi connectivity index (χ4v) is 4.33. The number of carbonyl (C=O) groups is 1. The van der Waals surface area contributed by atoms with Crippen molar-refractivity contribution in [3.8, 4) is 11.5 Å². The molecule has 2 atom stereocenters. The Morgan fingerprint density at radius 2 is 2.00 bits per heavy atom. The zero-order valence-corrected chi connectivity index (χ0v) is 19.7. The van der Waals surface area contributed by atoms with E-state index in [9.17, 15) is 14.4 Å². The number of aromatic nitrogens is 8. The number of carbonyl (C=O) groups excluding carboxylic acids is 1. The molecule has 1 N–H and O–H groups in total. The number of aryl methyl sites for hydroxylation is 1. The van der Waals surface area contributed by atoms with Crippen LogP contribution < -0.4 is 21.5 Å². The summed E-state index contributed by atoms with van der Waals surface area (Å²) in [6.07, 6.45) is 6.55. The molecule has 0 spiro atoms. The van der Waals surface area contributed by atoms with Gasteiger partial charge in [-0.15, -0.1) is 5.10 Å². The van der Waals surface area contributed by atoms with Crippen LogP contribution in [0.5, 0.6) is 0 Å². The van der Waals surface area contributed by atoms with Gasteiger partial charge in [-0.25, -0.2) is 19.7 Å². The van der Waals surface area contributed by atoms with E-state index in [0.717, 1.165) is 24.0 Å². The Morgan fingerprint density at radius 1 is 1.20 bits per heavy atom. The average Bonchev–Trinajstić information content (AvgIpc) is 3.60. The molecule has 182 valence electrons. The topological polar surface area (TPSA) is 159 Å². The van der Waals surface area contributed by atoms with Crippen molar-refractivity contribution in [2.45, 2.75) is 38.8 Å². The van der Waals surface area contributed by atoms with E-state index >= 15 is 0 Å². The normalized spacial score (nSPS) is 16.7. The van der Waals surface area contributed by atoms with Crippen LogP contribution in [0.25, 0.3) is 22.6 Å². The highest BCUT2D eigenvalue weighted by molar-refractivity contribution is 5.92. The fourth-order valence-electron chi connectivity index (χ4n) is 4.33. The Hall–Kier alpha value is -4.36. The van der Waals surface area contributed by atoms with Crippen molar-refractivity contribution < 1.29 is 9.21 Å². The zero-order valence-electron chi connectivity index (χ0n) is 19.7. The monoisotopic (exact) mass is 480 g/mol. The smallest absolute Gasteiger partial charge is 0.332 e. The highest BCUT2D eigenvalue weighted by Crippen LogP contribution is 2.32. The summed E-state index contributed by atoms with van der Waals surface area (Å²) in [7, 11) is 2.88. The first-order valence-corrected chi connectivity index (χ1v) is 11.1. The molecule has 1 aliphatic heterocycles. The number of anilines is 2. The van der Waals surface area contributed by atoms with Crippen molar-refractivity contribution in [2.75, 3.05) is 16.8 Å². The van der Waals surface area contributed by atoms with Crippen LogP contribution >= 0.6 is 0 Å². The molecule has 14 nitrogen and oxygen atoms in total. The van der Waals surface area contributed by atoms with Gasteiger partial charge in [0.25, 0.3) is 17.4 Å². The summed E-state index contributed by atoms with van der Waals surface area (Å²) in [5.41, 5.74) is -0.156. The molecule has 0 radical (unpaired) electrons. The highest BCUT2D eigenvalue weighted by atomic mass is 16.4. The molecule has 4 aromatic heterocycles. The fraction of sp³-hybridized carbons (Fsp3) is 0.429. The number of fused-ring (bicyclic) bond motifs is 1. The molecule has 0 bridgehead atoms. The minimum atomic E-state index is -0.860. The lowest BCUT2D eigenvalue weighted by Crippen LogP contribution is -2.38. The van der Waals surface area contributed by atoms with Crippen LogP contribution in [0.2, 0.25) is 0 Å². The van der Waals surface area contributed by atoms with Gasteiger partial charge in [0.2, 0.25) is 0 Å². The van der Waals surface area contributed by atoms with Crippen LogP contribution in [0.4, 0.5) is 11.8 Å². The maximum Gasteiger partial charge on any atom is 0.332 e. The van der Waals surface area contributed by atoms with E-state index in [-0.39, 0.29) is 23.1 Å². The van der Waals surface area contributed by atoms with Gasteiger partial charge in [0.1, 0.15) is 18.2 Å². The van der Waals surface area contributed by atoms with Crippen molar-refractivity contribution in [1.82, 2.24) is 38.9 Å². The summed E-state index contributed by atoms with van der Waals surface area (Å²) in [6, 6.07) is -0.642. The first-order chi connectivity index (χ1) is 16.8. The highest BCUT2D eigenvalue weighted by Gasteiger charge is 2.27. The number of hydrogen-bond acceptors (Lipinski definition) is 10. The molecule has 1 saturated heterocycles. The minimum absolute atomic E-state index is 0.106. The SMILES string of the molecule is CC(C(=O)Nc1nnc(-c2cncnc2N2CCC[C@@H]2C)o1)n1cnc2c1c(=O)n(C)c(=O)n2C. The molecule has 5 heterocycles. The molecule has 0 aliphatic carbocycles. The number of nitrogens with one attached hydrogen (secondary N) is 1. The molecule has 35 heavy (non-hydrogen) atoms. The van der Waals surface area contributed by atoms with Gasteiger partial charge in [0.15, 0.2) is 11.2 Å². The Labute approximate surface area is 198 Å². The number of nitrogens with zero attached hydrogens (tertiary/aromatic N) is 9. The molecule has 1 fully saturated rings. The molecule has 0 saturated carbocycles. The van der Waals surface area contributed by atoms with E-state index < -0.39 is 23.2 Å². The molecule has 1 unspecified atom stereocenters. The third-order valence-corrected chi connectivity index (χ3v) is 6.37. The maximum absolute atomic E-state index is 13.0. The molecule has 1 amide bonds. The summed E-state index contributed by atoms with van der Waals surface area (Å²) in [4.78, 5) is 52.6. The Morgan fingerprint density at radius 3 is 2.74 bits per heavy atom. The number of imidazole rings is 1. The van der Waals surface area contributed by atoms with Crippen LogP contribution in [0, 0.1) is 0 Å². The zero-order chi connectivity index (χ0) is 24.9. The summed E-state index contributed by atoms with van der Waals surface area (Å²) in [5.74, 6) is 0.374. The van der Waals surface area contributed by atoms with Crippen molar-refractivity contribution in [3.05, 3.63) is 39.7 Å². The second-order valence-electron chi connectivity index (χ2n) is 8.55. The lowest BCUT2D eigenvalue weighted by molar-refractivity contribution is -0.118. The predicted octanol–water partition coefficient (Wildman–Crippen LogP) is 0.462. The second-order valence-corrected chi connectivity index (χ2v) is 8.55. The Kier molecular flexibility index (Phi) is 5.42. The van der Waals surface area contributed by atoms with Gasteiger partial charge < -0.3 is 13.9 Å². The van der Waals surface area contributed by atoms with Crippen LogP contribution in [0.15, 0.2) is 32.9 Å². The molecular weight excluding hydrogens is 456 g/mol. The maximum atomic E-state index is 13.0. The van der Waals surface area contributed by atoms with Crippen LogP contribution in [0.3, 0.4) is 0 Å². The molecule has 4 aromatic rings. The van der Waals surface area contributed by atoms with Gasteiger partial charge in [-0.3, -0.25) is 24.0 Å². The van der Waals surface area contributed by atoms with Crippen molar-refractivity contribution >= 4 is 28.9 Å². The van der Waals surface area contributed by atoms with Crippen molar-refractivity contribution in [3.63, 3.8) is 0 Å². The number of amides is 1. The first-order valence-electron chi connectivity index (χ1n) is 11.1. The summed E-state index contributed by atoms with van der Waals surface area (Å²) < 4.78 is 9.34. The van der Waals surface area contributed by atoms with Gasteiger partial charge in [-0.05, 0) is 26.7 Å². The van der Waals surface area contributed by atoms with Crippen molar-refractivity contribution in [2.24, 2.45) is 14.1 Å².